The molecule has 1 heterocycles. The molecule has 0 aromatic carbocycles. The van der Waals surface area contributed by atoms with E-state index < -0.39 is 0 Å². The molecule has 1 fully saturated rings. The third-order valence-electron chi connectivity index (χ3n) is 1.15. The molecule has 0 bridgehead atoms. The fraction of sp³-hybridized carbons (Fsp3) is 0.600. The largest absolute Gasteiger partial charge is 0.394 e. The van der Waals surface area contributed by atoms with E-state index in [-0.39, 0.29) is 18.6 Å². The molecule has 0 saturated carbocycles. The Bertz CT molecular complexity index is 103. The van der Waals surface area contributed by atoms with Gasteiger partial charge in [0.15, 0.2) is 0 Å². The monoisotopic (exact) mass is 114 g/mol. The number of amides is 1. The maximum absolute atomic E-state index is 10.3. The summed E-state index contributed by atoms with van der Waals surface area (Å²) < 4.78 is 0. The van der Waals surface area contributed by atoms with Crippen molar-refractivity contribution in [2.75, 3.05) is 6.61 Å². The molecule has 0 spiro atoms. The maximum Gasteiger partial charge on any atom is 0.224 e. The molecule has 0 aliphatic carbocycles. The topological polar surface area (TPSA) is 49.3 Å². The Hall–Kier alpha value is -0.570. The summed E-state index contributed by atoms with van der Waals surface area (Å²) >= 11 is 0. The first-order valence-corrected chi connectivity index (χ1v) is 2.57. The van der Waals surface area contributed by atoms with Crippen LogP contribution in [0, 0.1) is 6.42 Å². The molecule has 0 aromatic rings. The van der Waals surface area contributed by atoms with Gasteiger partial charge in [-0.05, 0) is 6.42 Å². The highest BCUT2D eigenvalue weighted by Gasteiger charge is 2.19. The summed E-state index contributed by atoms with van der Waals surface area (Å²) in [6.07, 6.45) is 2.20. The second kappa shape index (κ2) is 2.13. The molecule has 1 saturated heterocycles. The fourth-order valence-electron chi connectivity index (χ4n) is 0.689. The van der Waals surface area contributed by atoms with Gasteiger partial charge in [0.2, 0.25) is 5.91 Å². The van der Waals surface area contributed by atoms with Crippen LogP contribution in [0.1, 0.15) is 6.42 Å². The van der Waals surface area contributed by atoms with Crippen molar-refractivity contribution in [3.63, 3.8) is 0 Å². The van der Waals surface area contributed by atoms with Crippen molar-refractivity contribution in [2.45, 2.75) is 12.5 Å². The second-order valence-corrected chi connectivity index (χ2v) is 1.83. The van der Waals surface area contributed by atoms with E-state index in [9.17, 15) is 4.79 Å². The van der Waals surface area contributed by atoms with Gasteiger partial charge in [-0.15, -0.1) is 0 Å². The predicted molar refractivity (Wildman–Crippen MR) is 27.9 cm³/mol. The summed E-state index contributed by atoms with van der Waals surface area (Å²) in [4.78, 5) is 10.3. The van der Waals surface area contributed by atoms with Gasteiger partial charge in [0.05, 0.1) is 19.1 Å². The van der Waals surface area contributed by atoms with E-state index in [2.05, 4.69) is 5.32 Å². The van der Waals surface area contributed by atoms with Crippen molar-refractivity contribution in [3.8, 4) is 0 Å². The molecule has 2 N–H and O–H groups in total. The van der Waals surface area contributed by atoms with Gasteiger partial charge in [-0.3, -0.25) is 4.79 Å². The molecule has 45 valence electrons. The second-order valence-electron chi connectivity index (χ2n) is 1.83. The molecule has 3 heteroatoms. The highest BCUT2D eigenvalue weighted by molar-refractivity contribution is 5.87. The van der Waals surface area contributed by atoms with Crippen LogP contribution in [-0.2, 0) is 4.79 Å². The van der Waals surface area contributed by atoms with Crippen LogP contribution in [-0.4, -0.2) is 23.7 Å². The summed E-state index contributed by atoms with van der Waals surface area (Å²) in [5.41, 5.74) is 0. The summed E-state index contributed by atoms with van der Waals surface area (Å²) in [6, 6.07) is -0.0255. The standard InChI is InChI=1S/C5H8NO2/c7-3-4-1-2-5(8)6-4/h2,4,7H,1,3H2,(H,6,8). The number of hydrogen-bond acceptors (Lipinski definition) is 2. The van der Waals surface area contributed by atoms with Gasteiger partial charge in [-0.25, -0.2) is 0 Å². The van der Waals surface area contributed by atoms with Crippen molar-refractivity contribution in [3.05, 3.63) is 6.42 Å². The van der Waals surface area contributed by atoms with Gasteiger partial charge in [0, 0.05) is 0 Å². The molecule has 1 amide bonds. The van der Waals surface area contributed by atoms with Gasteiger partial charge >= 0.3 is 0 Å². The quantitative estimate of drug-likeness (QED) is 0.462. The van der Waals surface area contributed by atoms with E-state index in [0.29, 0.717) is 6.42 Å². The lowest BCUT2D eigenvalue weighted by molar-refractivity contribution is -0.117. The number of nitrogens with one attached hydrogen (secondary N) is 1. The first kappa shape index (κ1) is 5.56. The highest BCUT2D eigenvalue weighted by atomic mass is 16.3. The van der Waals surface area contributed by atoms with Crippen LogP contribution in [0.5, 0.6) is 0 Å². The molecule has 1 unspecified atom stereocenters. The number of carbonyl (C=O) groups excluding carboxylic acids is 1. The molecule has 0 aromatic heterocycles. The summed E-state index contributed by atoms with van der Waals surface area (Å²) in [7, 11) is 0. The minimum Gasteiger partial charge on any atom is -0.394 e. The number of rotatable bonds is 1. The van der Waals surface area contributed by atoms with Crippen LogP contribution in [0.2, 0.25) is 0 Å². The van der Waals surface area contributed by atoms with Crippen molar-refractivity contribution < 1.29 is 9.90 Å². The van der Waals surface area contributed by atoms with Crippen LogP contribution in [0.3, 0.4) is 0 Å². The van der Waals surface area contributed by atoms with Crippen LogP contribution >= 0.6 is 0 Å². The zero-order valence-electron chi connectivity index (χ0n) is 4.42. The van der Waals surface area contributed by atoms with E-state index in [1.807, 2.05) is 0 Å². The Kier molecular flexibility index (Phi) is 1.48. The molecule has 1 aliphatic rings. The van der Waals surface area contributed by atoms with Crippen molar-refractivity contribution in [2.24, 2.45) is 0 Å². The van der Waals surface area contributed by atoms with Crippen molar-refractivity contribution >= 4 is 5.91 Å². The Balaban J connectivity index is 2.32. The Morgan fingerprint density at radius 3 is 3.00 bits per heavy atom. The number of aliphatic hydroxyl groups is 1. The average Bonchev–Trinajstić information content (AvgIpc) is 2.14. The van der Waals surface area contributed by atoms with Crippen LogP contribution in [0.25, 0.3) is 0 Å². The van der Waals surface area contributed by atoms with Crippen LogP contribution in [0.4, 0.5) is 0 Å². The third-order valence-corrected chi connectivity index (χ3v) is 1.15. The van der Waals surface area contributed by atoms with E-state index in [0.717, 1.165) is 0 Å². The van der Waals surface area contributed by atoms with Crippen LogP contribution in [0.15, 0.2) is 0 Å². The first-order valence-electron chi connectivity index (χ1n) is 2.57. The summed E-state index contributed by atoms with van der Waals surface area (Å²) in [5.74, 6) is -0.0657. The van der Waals surface area contributed by atoms with Gasteiger partial charge in [0.1, 0.15) is 0 Å². The Labute approximate surface area is 47.7 Å². The lowest BCUT2D eigenvalue weighted by atomic mass is 10.2. The molecular formula is C5H8NO2. The van der Waals surface area contributed by atoms with E-state index in [1.165, 1.54) is 0 Å². The van der Waals surface area contributed by atoms with Gasteiger partial charge in [0.25, 0.3) is 0 Å². The van der Waals surface area contributed by atoms with E-state index in [1.54, 1.807) is 6.42 Å². The smallest absolute Gasteiger partial charge is 0.224 e. The lowest BCUT2D eigenvalue weighted by Crippen LogP contribution is -2.28. The zero-order valence-corrected chi connectivity index (χ0v) is 4.42. The third kappa shape index (κ3) is 0.980. The van der Waals surface area contributed by atoms with Gasteiger partial charge in [-0.1, -0.05) is 0 Å². The fourth-order valence-corrected chi connectivity index (χ4v) is 0.689. The SMILES string of the molecule is O=C1[CH]CC(CO)N1. The van der Waals surface area contributed by atoms with Crippen molar-refractivity contribution in [1.82, 2.24) is 5.32 Å². The maximum atomic E-state index is 10.3. The molecule has 8 heavy (non-hydrogen) atoms. The predicted octanol–water partition coefficient (Wildman–Crippen LogP) is -0.929. The van der Waals surface area contributed by atoms with Gasteiger partial charge in [-0.2, -0.15) is 0 Å². The lowest BCUT2D eigenvalue weighted by Gasteiger charge is -2.01. The minimum absolute atomic E-state index is 0.0255. The summed E-state index contributed by atoms with van der Waals surface area (Å²) in [6.45, 7) is 0.0439. The number of carbonyl (C=O) groups is 1. The number of aliphatic hydroxyl groups excluding tert-OH is 1. The molecule has 1 rings (SSSR count). The Morgan fingerprint density at radius 2 is 2.75 bits per heavy atom. The molecular weight excluding hydrogens is 106 g/mol. The first-order chi connectivity index (χ1) is 3.83. The molecule has 1 aliphatic heterocycles. The number of hydrogen-bond donors (Lipinski definition) is 2. The molecule has 1 radical (unpaired) electrons. The van der Waals surface area contributed by atoms with Crippen LogP contribution < -0.4 is 5.32 Å². The van der Waals surface area contributed by atoms with Crippen molar-refractivity contribution in [1.29, 1.82) is 0 Å². The normalized spacial score (nSPS) is 28.1. The molecule has 3 nitrogen and oxygen atoms in total. The van der Waals surface area contributed by atoms with Gasteiger partial charge < -0.3 is 10.4 Å². The average molecular weight is 114 g/mol. The molecule has 1 atom stereocenters. The van der Waals surface area contributed by atoms with E-state index in [4.69, 9.17) is 5.11 Å². The Morgan fingerprint density at radius 1 is 2.00 bits per heavy atom. The highest BCUT2D eigenvalue weighted by Crippen LogP contribution is 2.02. The zero-order chi connectivity index (χ0) is 5.98. The van der Waals surface area contributed by atoms with E-state index >= 15 is 0 Å². The minimum atomic E-state index is -0.0657. The summed E-state index contributed by atoms with van der Waals surface area (Å²) in [5, 5.41) is 11.0.